The van der Waals surface area contributed by atoms with Crippen molar-refractivity contribution in [1.82, 2.24) is 9.97 Å². The summed E-state index contributed by atoms with van der Waals surface area (Å²) in [6.45, 7) is 6.03. The molecule has 0 aliphatic carbocycles. The number of benzene rings is 1. The second-order valence-corrected chi connectivity index (χ2v) is 5.41. The molecular weight excluding hydrogens is 306 g/mol. The molecule has 5 heteroatoms. The Morgan fingerprint density at radius 1 is 1.26 bits per heavy atom. The summed E-state index contributed by atoms with van der Waals surface area (Å²) in [6, 6.07) is 7.29. The lowest BCUT2D eigenvalue weighted by atomic mass is 10.2. The molecule has 0 saturated heterocycles. The van der Waals surface area contributed by atoms with Crippen LogP contribution in [-0.2, 0) is 0 Å². The van der Waals surface area contributed by atoms with E-state index >= 15 is 0 Å². The van der Waals surface area contributed by atoms with Crippen LogP contribution in [0.1, 0.15) is 31.3 Å². The van der Waals surface area contributed by atoms with Gasteiger partial charge in [-0.25, -0.2) is 4.98 Å². The highest BCUT2D eigenvalue weighted by atomic mass is 79.9. The van der Waals surface area contributed by atoms with Crippen molar-refractivity contribution in [1.29, 1.82) is 0 Å². The minimum absolute atomic E-state index is 0.256. The molecule has 0 fully saturated rings. The van der Waals surface area contributed by atoms with Crippen LogP contribution in [0.3, 0.4) is 0 Å². The molecule has 1 heterocycles. The van der Waals surface area contributed by atoms with E-state index in [2.05, 4.69) is 39.7 Å². The number of ether oxygens (including phenoxy) is 1. The summed E-state index contributed by atoms with van der Waals surface area (Å²) in [5.74, 6) is 2.21. The number of hydrogen-bond acceptors (Lipinski definition) is 4. The number of nitrogen functional groups attached to an aromatic ring is 1. The van der Waals surface area contributed by atoms with Crippen molar-refractivity contribution in [2.24, 2.45) is 0 Å². The van der Waals surface area contributed by atoms with E-state index in [1.807, 2.05) is 31.2 Å². The molecule has 0 amide bonds. The van der Waals surface area contributed by atoms with Gasteiger partial charge in [0.2, 0.25) is 5.88 Å². The van der Waals surface area contributed by atoms with Crippen LogP contribution in [0, 0.1) is 6.92 Å². The van der Waals surface area contributed by atoms with Crippen molar-refractivity contribution in [2.45, 2.75) is 26.7 Å². The Labute approximate surface area is 121 Å². The molecule has 100 valence electrons. The van der Waals surface area contributed by atoms with Crippen molar-refractivity contribution in [3.8, 4) is 11.6 Å². The van der Waals surface area contributed by atoms with Crippen LogP contribution >= 0.6 is 15.9 Å². The summed E-state index contributed by atoms with van der Waals surface area (Å²) >= 11 is 3.41. The Bertz CT molecular complexity index is 599. The van der Waals surface area contributed by atoms with E-state index in [0.717, 1.165) is 16.0 Å². The van der Waals surface area contributed by atoms with Crippen molar-refractivity contribution in [3.63, 3.8) is 0 Å². The summed E-state index contributed by atoms with van der Waals surface area (Å²) in [4.78, 5) is 8.79. The first-order valence-electron chi connectivity index (χ1n) is 6.05. The summed E-state index contributed by atoms with van der Waals surface area (Å²) in [5.41, 5.74) is 7.34. The quantitative estimate of drug-likeness (QED) is 0.866. The Hall–Kier alpha value is -1.62. The predicted molar refractivity (Wildman–Crippen MR) is 79.5 cm³/mol. The van der Waals surface area contributed by atoms with Gasteiger partial charge in [0.25, 0.3) is 0 Å². The van der Waals surface area contributed by atoms with Crippen LogP contribution in [0.25, 0.3) is 0 Å². The summed E-state index contributed by atoms with van der Waals surface area (Å²) in [5, 5.41) is 0. The number of rotatable bonds is 3. The molecular formula is C14H16BrN3O. The Morgan fingerprint density at radius 3 is 2.68 bits per heavy atom. The van der Waals surface area contributed by atoms with Crippen molar-refractivity contribution in [2.75, 3.05) is 5.73 Å². The highest BCUT2D eigenvalue weighted by Crippen LogP contribution is 2.33. The van der Waals surface area contributed by atoms with E-state index < -0.39 is 0 Å². The van der Waals surface area contributed by atoms with Gasteiger partial charge >= 0.3 is 0 Å². The normalized spacial score (nSPS) is 10.8. The number of halogens is 1. The zero-order valence-electron chi connectivity index (χ0n) is 11.1. The molecule has 0 spiro atoms. The maximum atomic E-state index is 5.82. The standard InChI is InChI=1S/C14H16BrN3O/c1-8(2)14-17-9(3)7-12(18-14)19-11-6-4-5-10(16)13(11)15/h4-8H,16H2,1-3H3. The van der Waals surface area contributed by atoms with Gasteiger partial charge in [0, 0.05) is 23.4 Å². The van der Waals surface area contributed by atoms with Crippen LogP contribution in [0.15, 0.2) is 28.7 Å². The van der Waals surface area contributed by atoms with Crippen LogP contribution in [-0.4, -0.2) is 9.97 Å². The molecule has 0 saturated carbocycles. The Morgan fingerprint density at radius 2 is 2.00 bits per heavy atom. The molecule has 1 aromatic heterocycles. The summed E-state index contributed by atoms with van der Waals surface area (Å²) < 4.78 is 6.52. The average molecular weight is 322 g/mol. The van der Waals surface area contributed by atoms with Crippen molar-refractivity contribution >= 4 is 21.6 Å². The van der Waals surface area contributed by atoms with Gasteiger partial charge in [0.15, 0.2) is 0 Å². The number of anilines is 1. The Kier molecular flexibility index (Phi) is 4.04. The highest BCUT2D eigenvalue weighted by Gasteiger charge is 2.10. The molecule has 1 aromatic carbocycles. The van der Waals surface area contributed by atoms with E-state index in [1.54, 1.807) is 0 Å². The molecule has 2 aromatic rings. The largest absolute Gasteiger partial charge is 0.438 e. The van der Waals surface area contributed by atoms with Gasteiger partial charge in [-0.15, -0.1) is 0 Å². The van der Waals surface area contributed by atoms with Crippen LogP contribution in [0.5, 0.6) is 11.6 Å². The Balaban J connectivity index is 2.35. The molecule has 19 heavy (non-hydrogen) atoms. The first kappa shape index (κ1) is 13.8. The van der Waals surface area contributed by atoms with Gasteiger partial charge in [-0.05, 0) is 35.0 Å². The number of aromatic nitrogens is 2. The monoisotopic (exact) mass is 321 g/mol. The SMILES string of the molecule is Cc1cc(Oc2cccc(N)c2Br)nc(C(C)C)n1. The first-order chi connectivity index (χ1) is 8.97. The molecule has 0 aliphatic heterocycles. The minimum Gasteiger partial charge on any atom is -0.438 e. The summed E-state index contributed by atoms with van der Waals surface area (Å²) in [6.07, 6.45) is 0. The molecule has 0 radical (unpaired) electrons. The number of hydrogen-bond donors (Lipinski definition) is 1. The van der Waals surface area contributed by atoms with Gasteiger partial charge in [-0.1, -0.05) is 19.9 Å². The molecule has 2 N–H and O–H groups in total. The van der Waals surface area contributed by atoms with E-state index in [9.17, 15) is 0 Å². The third kappa shape index (κ3) is 3.23. The third-order valence-electron chi connectivity index (χ3n) is 2.57. The van der Waals surface area contributed by atoms with E-state index in [1.165, 1.54) is 0 Å². The fourth-order valence-electron chi connectivity index (χ4n) is 1.59. The van der Waals surface area contributed by atoms with Gasteiger partial charge in [0.05, 0.1) is 4.47 Å². The molecule has 0 bridgehead atoms. The lowest BCUT2D eigenvalue weighted by molar-refractivity contribution is 0.453. The van der Waals surface area contributed by atoms with E-state index in [4.69, 9.17) is 10.5 Å². The van der Waals surface area contributed by atoms with Gasteiger partial charge < -0.3 is 10.5 Å². The first-order valence-corrected chi connectivity index (χ1v) is 6.84. The van der Waals surface area contributed by atoms with Gasteiger partial charge in [-0.3, -0.25) is 0 Å². The zero-order chi connectivity index (χ0) is 14.0. The molecule has 0 unspecified atom stereocenters. The van der Waals surface area contributed by atoms with Gasteiger partial charge in [-0.2, -0.15) is 4.98 Å². The van der Waals surface area contributed by atoms with E-state index in [0.29, 0.717) is 17.3 Å². The maximum Gasteiger partial charge on any atom is 0.222 e. The molecule has 0 aliphatic rings. The fourth-order valence-corrected chi connectivity index (χ4v) is 1.94. The topological polar surface area (TPSA) is 61.0 Å². The number of aryl methyl sites for hydroxylation is 1. The number of nitrogens with two attached hydrogens (primary N) is 1. The zero-order valence-corrected chi connectivity index (χ0v) is 12.7. The maximum absolute atomic E-state index is 5.82. The predicted octanol–water partition coefficient (Wildman–Crippen LogP) is 4.05. The van der Waals surface area contributed by atoms with Crippen LogP contribution < -0.4 is 10.5 Å². The van der Waals surface area contributed by atoms with Crippen molar-refractivity contribution in [3.05, 3.63) is 40.3 Å². The second kappa shape index (κ2) is 5.57. The third-order valence-corrected chi connectivity index (χ3v) is 3.42. The minimum atomic E-state index is 0.256. The smallest absolute Gasteiger partial charge is 0.222 e. The molecule has 2 rings (SSSR count). The lowest BCUT2D eigenvalue weighted by Gasteiger charge is -2.11. The number of nitrogens with zero attached hydrogens (tertiary/aromatic N) is 2. The van der Waals surface area contributed by atoms with Crippen LogP contribution in [0.4, 0.5) is 5.69 Å². The molecule has 4 nitrogen and oxygen atoms in total. The average Bonchev–Trinajstić information content (AvgIpc) is 2.34. The summed E-state index contributed by atoms with van der Waals surface area (Å²) in [7, 11) is 0. The van der Waals surface area contributed by atoms with Crippen molar-refractivity contribution < 1.29 is 4.74 Å². The fraction of sp³-hybridized carbons (Fsp3) is 0.286. The van der Waals surface area contributed by atoms with E-state index in [-0.39, 0.29) is 5.92 Å². The highest BCUT2D eigenvalue weighted by molar-refractivity contribution is 9.10. The molecule has 0 atom stereocenters. The van der Waals surface area contributed by atoms with Gasteiger partial charge in [0.1, 0.15) is 11.6 Å². The van der Waals surface area contributed by atoms with Crippen LogP contribution in [0.2, 0.25) is 0 Å². The second-order valence-electron chi connectivity index (χ2n) is 4.62. The lowest BCUT2D eigenvalue weighted by Crippen LogP contribution is -2.01.